The number of ether oxygens (including phenoxy) is 2. The normalized spacial score (nSPS) is 45.2. The van der Waals surface area contributed by atoms with Gasteiger partial charge in [-0.1, -0.05) is 0 Å². The van der Waals surface area contributed by atoms with Gasteiger partial charge in [-0.2, -0.15) is 0 Å². The van der Waals surface area contributed by atoms with Gasteiger partial charge in [0.1, 0.15) is 0 Å². The molecule has 6 aliphatic rings. The zero-order valence-corrected chi connectivity index (χ0v) is 19.4. The molecule has 6 heteroatoms. The Morgan fingerprint density at radius 1 is 1.00 bits per heavy atom. The first-order valence-electron chi connectivity index (χ1n) is 12.0. The summed E-state index contributed by atoms with van der Waals surface area (Å²) >= 11 is 0. The SMILES string of the molecule is CC1(C)CC2(CC(C)(C)N1)OC(=O)N(CCOC13CC4CC(CC(C4)C1)C3)[C@@]2(C)O. The Bertz CT molecular complexity index is 677. The van der Waals surface area contributed by atoms with Crippen molar-refractivity contribution >= 4 is 6.09 Å². The van der Waals surface area contributed by atoms with Gasteiger partial charge in [0.15, 0.2) is 11.3 Å². The van der Waals surface area contributed by atoms with Gasteiger partial charge in [-0.3, -0.25) is 4.90 Å². The summed E-state index contributed by atoms with van der Waals surface area (Å²) in [7, 11) is 0. The van der Waals surface area contributed by atoms with Crippen molar-refractivity contribution in [3.8, 4) is 0 Å². The molecule has 6 rings (SSSR count). The van der Waals surface area contributed by atoms with E-state index in [1.165, 1.54) is 43.4 Å². The van der Waals surface area contributed by atoms with Crippen LogP contribution in [0.1, 0.15) is 86.0 Å². The van der Waals surface area contributed by atoms with Crippen LogP contribution in [0.4, 0.5) is 4.79 Å². The lowest BCUT2D eigenvalue weighted by molar-refractivity contribution is -0.191. The summed E-state index contributed by atoms with van der Waals surface area (Å²) in [6, 6.07) is 0. The average molecular weight is 421 g/mol. The number of nitrogens with zero attached hydrogens (tertiary/aromatic N) is 1. The highest BCUT2D eigenvalue weighted by molar-refractivity contribution is 5.72. The van der Waals surface area contributed by atoms with E-state index in [2.05, 4.69) is 33.0 Å². The first-order valence-corrected chi connectivity index (χ1v) is 12.0. The van der Waals surface area contributed by atoms with Crippen molar-refractivity contribution < 1.29 is 19.4 Å². The molecule has 2 aliphatic heterocycles. The third-order valence-electron chi connectivity index (χ3n) is 8.73. The monoisotopic (exact) mass is 420 g/mol. The summed E-state index contributed by atoms with van der Waals surface area (Å²) in [5.74, 6) is 2.50. The Morgan fingerprint density at radius 2 is 1.50 bits per heavy atom. The molecule has 0 aromatic heterocycles. The van der Waals surface area contributed by atoms with E-state index in [1.807, 2.05) is 0 Å². The van der Waals surface area contributed by atoms with Crippen molar-refractivity contribution in [1.82, 2.24) is 10.2 Å². The molecule has 4 aliphatic carbocycles. The van der Waals surface area contributed by atoms with Gasteiger partial charge in [-0.15, -0.1) is 0 Å². The van der Waals surface area contributed by atoms with E-state index < -0.39 is 17.4 Å². The molecule has 6 nitrogen and oxygen atoms in total. The van der Waals surface area contributed by atoms with Crippen LogP contribution in [-0.4, -0.2) is 57.3 Å². The molecule has 0 aromatic carbocycles. The van der Waals surface area contributed by atoms with Crippen LogP contribution in [0.3, 0.4) is 0 Å². The van der Waals surface area contributed by atoms with E-state index in [0.717, 1.165) is 17.8 Å². The number of rotatable bonds is 4. The zero-order chi connectivity index (χ0) is 21.6. The molecule has 170 valence electrons. The lowest BCUT2D eigenvalue weighted by Crippen LogP contribution is -2.70. The first kappa shape index (κ1) is 21.0. The molecule has 2 heterocycles. The van der Waals surface area contributed by atoms with Crippen LogP contribution in [0, 0.1) is 17.8 Å². The van der Waals surface area contributed by atoms with Crippen LogP contribution in [0.5, 0.6) is 0 Å². The highest BCUT2D eigenvalue weighted by Crippen LogP contribution is 2.57. The minimum atomic E-state index is -1.36. The van der Waals surface area contributed by atoms with E-state index in [9.17, 15) is 9.90 Å². The lowest BCUT2D eigenvalue weighted by atomic mass is 9.54. The van der Waals surface area contributed by atoms with E-state index >= 15 is 0 Å². The fourth-order valence-electron chi connectivity index (χ4n) is 8.51. The van der Waals surface area contributed by atoms with Gasteiger partial charge in [-0.05, 0) is 90.9 Å². The van der Waals surface area contributed by atoms with Crippen LogP contribution in [0.2, 0.25) is 0 Å². The highest BCUT2D eigenvalue weighted by Gasteiger charge is 2.66. The minimum absolute atomic E-state index is 0.0145. The topological polar surface area (TPSA) is 71.0 Å². The molecule has 4 saturated carbocycles. The average Bonchev–Trinajstić information content (AvgIpc) is 2.69. The van der Waals surface area contributed by atoms with Crippen molar-refractivity contribution in [1.29, 1.82) is 0 Å². The number of carbonyl (C=O) groups is 1. The van der Waals surface area contributed by atoms with Gasteiger partial charge in [-0.25, -0.2) is 4.79 Å². The predicted molar refractivity (Wildman–Crippen MR) is 114 cm³/mol. The number of hydrogen-bond donors (Lipinski definition) is 2. The van der Waals surface area contributed by atoms with E-state index in [4.69, 9.17) is 9.47 Å². The van der Waals surface area contributed by atoms with E-state index in [-0.39, 0.29) is 16.7 Å². The number of amides is 1. The molecule has 0 radical (unpaired) electrons. The van der Waals surface area contributed by atoms with Crippen molar-refractivity contribution in [2.24, 2.45) is 17.8 Å². The summed E-state index contributed by atoms with van der Waals surface area (Å²) in [6.45, 7) is 11.0. The van der Waals surface area contributed by atoms with Crippen LogP contribution in [0.25, 0.3) is 0 Å². The smallest absolute Gasteiger partial charge is 0.412 e. The van der Waals surface area contributed by atoms with Crippen LogP contribution >= 0.6 is 0 Å². The van der Waals surface area contributed by atoms with Crippen molar-refractivity contribution in [3.05, 3.63) is 0 Å². The summed E-state index contributed by atoms with van der Waals surface area (Å²) in [6.07, 6.45) is 8.44. The van der Waals surface area contributed by atoms with Gasteiger partial charge in [0, 0.05) is 23.9 Å². The molecule has 4 bridgehead atoms. The third-order valence-corrected chi connectivity index (χ3v) is 8.73. The largest absolute Gasteiger partial charge is 0.437 e. The lowest BCUT2D eigenvalue weighted by Gasteiger charge is -2.56. The van der Waals surface area contributed by atoms with Crippen LogP contribution in [-0.2, 0) is 9.47 Å². The van der Waals surface area contributed by atoms with E-state index in [1.54, 1.807) is 6.92 Å². The maximum absolute atomic E-state index is 12.9. The third kappa shape index (κ3) is 3.29. The second kappa shape index (κ2) is 6.35. The van der Waals surface area contributed by atoms with Gasteiger partial charge < -0.3 is 19.9 Å². The molecule has 1 atom stereocenters. The van der Waals surface area contributed by atoms with Crippen LogP contribution in [0.15, 0.2) is 0 Å². The highest BCUT2D eigenvalue weighted by atomic mass is 16.6. The molecular formula is C24H40N2O4. The maximum Gasteiger partial charge on any atom is 0.412 e. The van der Waals surface area contributed by atoms with Crippen LogP contribution < -0.4 is 5.32 Å². The van der Waals surface area contributed by atoms with Crippen molar-refractivity contribution in [2.45, 2.75) is 114 Å². The number of carbonyl (C=O) groups excluding carboxylic acids is 1. The summed E-state index contributed by atoms with van der Waals surface area (Å²) < 4.78 is 12.5. The number of nitrogens with one attached hydrogen (secondary N) is 1. The standard InChI is InChI=1S/C24H40N2O4/c1-20(2)14-24(15-21(3,4)25-20)22(5,28)26(19(27)30-24)6-7-29-23-11-16-8-17(12-23)10-18(9-16)13-23/h16-18,25,28H,6-15H2,1-5H3/t16?,17?,18?,22-,23?/m0/s1. The predicted octanol–water partition coefficient (Wildman–Crippen LogP) is 3.81. The van der Waals surface area contributed by atoms with Gasteiger partial charge in [0.2, 0.25) is 0 Å². The first-order chi connectivity index (χ1) is 13.8. The molecular weight excluding hydrogens is 380 g/mol. The number of hydrogen-bond acceptors (Lipinski definition) is 5. The molecule has 6 fully saturated rings. The van der Waals surface area contributed by atoms with E-state index in [0.29, 0.717) is 26.0 Å². The maximum atomic E-state index is 12.9. The summed E-state index contributed by atoms with van der Waals surface area (Å²) in [5.41, 5.74) is -2.73. The minimum Gasteiger partial charge on any atom is -0.437 e. The molecule has 2 N–H and O–H groups in total. The number of piperidine rings is 1. The number of aliphatic hydroxyl groups is 1. The van der Waals surface area contributed by atoms with Crippen molar-refractivity contribution in [3.63, 3.8) is 0 Å². The summed E-state index contributed by atoms with van der Waals surface area (Å²) in [4.78, 5) is 14.4. The van der Waals surface area contributed by atoms with Gasteiger partial charge in [0.05, 0.1) is 18.8 Å². The quantitative estimate of drug-likeness (QED) is 0.724. The molecule has 1 spiro atoms. The zero-order valence-electron chi connectivity index (χ0n) is 19.4. The fraction of sp³-hybridized carbons (Fsp3) is 0.958. The molecule has 30 heavy (non-hydrogen) atoms. The Hall–Kier alpha value is -0.850. The second-order valence-electron chi connectivity index (χ2n) is 12.7. The summed E-state index contributed by atoms with van der Waals surface area (Å²) in [5, 5.41) is 15.2. The fourth-order valence-corrected chi connectivity index (χ4v) is 8.51. The van der Waals surface area contributed by atoms with Gasteiger partial charge >= 0.3 is 6.09 Å². The Balaban J connectivity index is 1.28. The second-order valence-corrected chi connectivity index (χ2v) is 12.7. The Labute approximate surface area is 181 Å². The Kier molecular flexibility index (Phi) is 4.45. The molecule has 1 amide bonds. The van der Waals surface area contributed by atoms with Gasteiger partial charge in [0.25, 0.3) is 0 Å². The Morgan fingerprint density at radius 3 is 2.00 bits per heavy atom. The molecule has 2 saturated heterocycles. The molecule has 0 aromatic rings. The van der Waals surface area contributed by atoms with Crippen molar-refractivity contribution in [2.75, 3.05) is 13.2 Å². The molecule has 0 unspecified atom stereocenters.